The molecule has 1 rings (SSSR count). The molecule has 0 amide bonds. The molecule has 4 heteroatoms. The van der Waals surface area contributed by atoms with Crippen molar-refractivity contribution < 1.29 is 19.5 Å². The van der Waals surface area contributed by atoms with Crippen molar-refractivity contribution in [3.05, 3.63) is 12.2 Å². The molecule has 0 bridgehead atoms. The summed E-state index contributed by atoms with van der Waals surface area (Å²) in [6, 6.07) is 0. The van der Waals surface area contributed by atoms with E-state index in [4.69, 9.17) is 5.11 Å². The van der Waals surface area contributed by atoms with E-state index in [1.165, 1.54) is 12.8 Å². The van der Waals surface area contributed by atoms with Crippen molar-refractivity contribution in [1.29, 1.82) is 0 Å². The molecule has 0 radical (unpaired) electrons. The van der Waals surface area contributed by atoms with Crippen LogP contribution < -0.4 is 0 Å². The van der Waals surface area contributed by atoms with Gasteiger partial charge < -0.3 is 5.11 Å². The van der Waals surface area contributed by atoms with Gasteiger partial charge in [0.05, 0.1) is 0 Å². The van der Waals surface area contributed by atoms with Crippen molar-refractivity contribution in [3.63, 3.8) is 0 Å². The summed E-state index contributed by atoms with van der Waals surface area (Å²) in [7, 11) is 0. The number of aliphatic carboxylic acids is 1. The maximum absolute atomic E-state index is 12.1. The molecule has 0 saturated heterocycles. The predicted octanol–water partition coefficient (Wildman–Crippen LogP) is 5.49. The largest absolute Gasteiger partial charge is 0.481 e. The summed E-state index contributed by atoms with van der Waals surface area (Å²) in [4.78, 5) is 34.5. The Morgan fingerprint density at radius 2 is 1.65 bits per heavy atom. The van der Waals surface area contributed by atoms with Gasteiger partial charge in [-0.15, -0.1) is 0 Å². The lowest BCUT2D eigenvalue weighted by Gasteiger charge is -2.14. The Kier molecular flexibility index (Phi) is 11.9. The minimum atomic E-state index is -0.726. The third-order valence-electron chi connectivity index (χ3n) is 5.37. The number of unbranched alkanes of at least 4 members (excludes halogenated alkanes) is 7. The number of ketones is 2. The molecule has 148 valence electrons. The molecule has 26 heavy (non-hydrogen) atoms. The van der Waals surface area contributed by atoms with Crippen molar-refractivity contribution in [2.24, 2.45) is 11.8 Å². The summed E-state index contributed by atoms with van der Waals surface area (Å²) in [6.45, 7) is 2.16. The zero-order valence-electron chi connectivity index (χ0n) is 16.4. The van der Waals surface area contributed by atoms with Gasteiger partial charge in [-0.2, -0.15) is 0 Å². The fourth-order valence-electron chi connectivity index (χ4n) is 3.75. The molecule has 1 N–H and O–H groups in total. The highest BCUT2D eigenvalue weighted by molar-refractivity contribution is 5.90. The standard InChI is InChI=1S/C22H36O4/c1-2-3-4-8-11-19(23)16-14-18-15-17-21(24)20(18)12-9-6-5-7-10-13-22(25)26/h14,16,18,20H,2-13,15,17H2,1H3,(H,25,26)/b16-14+. The molecule has 0 aromatic carbocycles. The number of hydrogen-bond acceptors (Lipinski definition) is 3. The number of carbonyl (C=O) groups excluding carboxylic acids is 2. The number of rotatable bonds is 15. The van der Waals surface area contributed by atoms with Crippen molar-refractivity contribution in [1.82, 2.24) is 0 Å². The van der Waals surface area contributed by atoms with Crippen LogP contribution in [0.5, 0.6) is 0 Å². The maximum atomic E-state index is 12.1. The summed E-state index contributed by atoms with van der Waals surface area (Å²) < 4.78 is 0. The minimum Gasteiger partial charge on any atom is -0.481 e. The zero-order valence-corrected chi connectivity index (χ0v) is 16.4. The lowest BCUT2D eigenvalue weighted by atomic mass is 9.89. The molecule has 0 aromatic rings. The fraction of sp³-hybridized carbons (Fsp3) is 0.773. The van der Waals surface area contributed by atoms with Gasteiger partial charge in [0.2, 0.25) is 0 Å². The second-order valence-corrected chi connectivity index (χ2v) is 7.61. The fourth-order valence-corrected chi connectivity index (χ4v) is 3.75. The van der Waals surface area contributed by atoms with Crippen LogP contribution in [0, 0.1) is 11.8 Å². The van der Waals surface area contributed by atoms with Crippen LogP contribution in [0.3, 0.4) is 0 Å². The van der Waals surface area contributed by atoms with Gasteiger partial charge in [-0.1, -0.05) is 57.9 Å². The highest BCUT2D eigenvalue weighted by atomic mass is 16.4. The van der Waals surface area contributed by atoms with Gasteiger partial charge in [0.25, 0.3) is 0 Å². The molecule has 2 atom stereocenters. The average molecular weight is 365 g/mol. The lowest BCUT2D eigenvalue weighted by molar-refractivity contribution is -0.137. The van der Waals surface area contributed by atoms with Crippen LogP contribution >= 0.6 is 0 Å². The van der Waals surface area contributed by atoms with Crippen molar-refractivity contribution in [2.45, 2.75) is 96.8 Å². The number of hydrogen-bond donors (Lipinski definition) is 1. The molecule has 2 unspecified atom stereocenters. The van der Waals surface area contributed by atoms with Gasteiger partial charge in [-0.05, 0) is 37.7 Å². The van der Waals surface area contributed by atoms with Crippen LogP contribution in [-0.4, -0.2) is 22.6 Å². The van der Waals surface area contributed by atoms with Crippen LogP contribution in [0.25, 0.3) is 0 Å². The highest BCUT2D eigenvalue weighted by Gasteiger charge is 2.32. The topological polar surface area (TPSA) is 71.4 Å². The normalized spacial score (nSPS) is 20.1. The Bertz CT molecular complexity index is 467. The van der Waals surface area contributed by atoms with Crippen LogP contribution in [0.2, 0.25) is 0 Å². The monoisotopic (exact) mass is 364 g/mol. The molecule has 0 aliphatic heterocycles. The Labute approximate surface area is 158 Å². The minimum absolute atomic E-state index is 0.0816. The zero-order chi connectivity index (χ0) is 19.2. The first-order chi connectivity index (χ1) is 12.5. The van der Waals surface area contributed by atoms with Gasteiger partial charge in [0.15, 0.2) is 5.78 Å². The molecule has 0 aromatic heterocycles. The van der Waals surface area contributed by atoms with E-state index in [9.17, 15) is 14.4 Å². The predicted molar refractivity (Wildman–Crippen MR) is 104 cm³/mol. The van der Waals surface area contributed by atoms with E-state index in [0.717, 1.165) is 57.8 Å². The summed E-state index contributed by atoms with van der Waals surface area (Å²) in [5.41, 5.74) is 0. The van der Waals surface area contributed by atoms with E-state index >= 15 is 0 Å². The van der Waals surface area contributed by atoms with Gasteiger partial charge in [-0.25, -0.2) is 0 Å². The second kappa shape index (κ2) is 13.7. The number of carboxylic acids is 1. The van der Waals surface area contributed by atoms with E-state index in [-0.39, 0.29) is 24.0 Å². The Balaban J connectivity index is 2.24. The van der Waals surface area contributed by atoms with Crippen LogP contribution in [-0.2, 0) is 14.4 Å². The van der Waals surface area contributed by atoms with E-state index in [1.54, 1.807) is 6.08 Å². The van der Waals surface area contributed by atoms with Gasteiger partial charge in [-0.3, -0.25) is 14.4 Å². The van der Waals surface area contributed by atoms with E-state index < -0.39 is 5.97 Å². The SMILES string of the molecule is CCCCCCC(=O)/C=C/C1CCC(=O)C1CCCCCCCC(=O)O. The lowest BCUT2D eigenvalue weighted by Crippen LogP contribution is -2.13. The molecule has 1 fully saturated rings. The molecule has 1 aliphatic carbocycles. The molecule has 1 saturated carbocycles. The van der Waals surface area contributed by atoms with Crippen molar-refractivity contribution >= 4 is 17.5 Å². The summed E-state index contributed by atoms with van der Waals surface area (Å²) in [5, 5.41) is 8.61. The maximum Gasteiger partial charge on any atom is 0.303 e. The Morgan fingerprint density at radius 3 is 2.38 bits per heavy atom. The quantitative estimate of drug-likeness (QED) is 0.308. The van der Waals surface area contributed by atoms with Gasteiger partial charge >= 0.3 is 5.97 Å². The Morgan fingerprint density at radius 1 is 1.00 bits per heavy atom. The van der Waals surface area contributed by atoms with Crippen molar-refractivity contribution in [3.8, 4) is 0 Å². The molecule has 0 spiro atoms. The molecular weight excluding hydrogens is 328 g/mol. The summed E-state index contributed by atoms with van der Waals surface area (Å²) >= 11 is 0. The first-order valence-electron chi connectivity index (χ1n) is 10.5. The smallest absolute Gasteiger partial charge is 0.303 e. The molecular formula is C22H36O4. The average Bonchev–Trinajstić information content (AvgIpc) is 2.96. The van der Waals surface area contributed by atoms with E-state index in [1.807, 2.05) is 6.08 Å². The van der Waals surface area contributed by atoms with Crippen molar-refractivity contribution in [2.75, 3.05) is 0 Å². The summed E-state index contributed by atoms with van der Waals surface area (Å²) in [5.74, 6) is 0.127. The first kappa shape index (κ1) is 22.6. The number of carbonyl (C=O) groups is 3. The van der Waals surface area contributed by atoms with Gasteiger partial charge in [0, 0.05) is 25.2 Å². The molecule has 1 aliphatic rings. The Hall–Kier alpha value is -1.45. The summed E-state index contributed by atoms with van der Waals surface area (Å²) in [6.07, 6.45) is 16.2. The van der Waals surface area contributed by atoms with Gasteiger partial charge in [0.1, 0.15) is 5.78 Å². The second-order valence-electron chi connectivity index (χ2n) is 7.61. The number of carboxylic acid groups (broad SMARTS) is 1. The van der Waals surface area contributed by atoms with E-state index in [2.05, 4.69) is 6.92 Å². The highest BCUT2D eigenvalue weighted by Crippen LogP contribution is 2.33. The van der Waals surface area contributed by atoms with Crippen LogP contribution in [0.1, 0.15) is 96.8 Å². The third-order valence-corrected chi connectivity index (χ3v) is 5.37. The first-order valence-corrected chi connectivity index (χ1v) is 10.5. The number of Topliss-reactive ketones (excluding diaryl/α,β-unsaturated/α-hetero) is 1. The molecule has 0 heterocycles. The molecule has 4 nitrogen and oxygen atoms in total. The van der Waals surface area contributed by atoms with E-state index in [0.29, 0.717) is 18.6 Å². The number of allylic oxidation sites excluding steroid dienone is 2. The third kappa shape index (κ3) is 9.88. The van der Waals surface area contributed by atoms with Crippen LogP contribution in [0.15, 0.2) is 12.2 Å². The van der Waals surface area contributed by atoms with Crippen LogP contribution in [0.4, 0.5) is 0 Å².